The Balaban J connectivity index is 1.85. The SMILES string of the molecule is COc1ccc(S(=O)(=O)NCC(c2ccccc2OC)N2CCCCC2)cc1Cl. The van der Waals surface area contributed by atoms with Gasteiger partial charge in [0.15, 0.2) is 0 Å². The van der Waals surface area contributed by atoms with Crippen LogP contribution in [0.1, 0.15) is 30.9 Å². The number of methoxy groups -OCH3 is 2. The van der Waals surface area contributed by atoms with Crippen molar-refractivity contribution in [3.05, 3.63) is 53.1 Å². The van der Waals surface area contributed by atoms with Crippen LogP contribution in [0.15, 0.2) is 47.4 Å². The molecule has 8 heteroatoms. The van der Waals surface area contributed by atoms with E-state index in [4.69, 9.17) is 21.1 Å². The Labute approximate surface area is 177 Å². The maximum absolute atomic E-state index is 12.9. The van der Waals surface area contributed by atoms with Crippen LogP contribution in [0.5, 0.6) is 11.5 Å². The highest BCUT2D eigenvalue weighted by Gasteiger charge is 2.27. The van der Waals surface area contributed by atoms with Crippen LogP contribution >= 0.6 is 11.6 Å². The summed E-state index contributed by atoms with van der Waals surface area (Å²) in [6.07, 6.45) is 3.41. The van der Waals surface area contributed by atoms with E-state index in [1.165, 1.54) is 25.7 Å². The summed E-state index contributed by atoms with van der Waals surface area (Å²) >= 11 is 6.11. The zero-order valence-corrected chi connectivity index (χ0v) is 18.3. The van der Waals surface area contributed by atoms with Crippen LogP contribution in [0.25, 0.3) is 0 Å². The standard InChI is InChI=1S/C21H27ClN2O4S/c1-27-20-9-5-4-8-17(20)19(24-12-6-3-7-13-24)15-23-29(25,26)16-10-11-21(28-2)18(22)14-16/h4-5,8-11,14,19,23H,3,6-7,12-13,15H2,1-2H3. The Morgan fingerprint density at radius 3 is 2.38 bits per heavy atom. The fourth-order valence-corrected chi connectivity index (χ4v) is 5.08. The first-order valence-corrected chi connectivity index (χ1v) is 11.5. The molecule has 0 amide bonds. The lowest BCUT2D eigenvalue weighted by molar-refractivity contribution is 0.162. The van der Waals surface area contributed by atoms with Gasteiger partial charge in [-0.3, -0.25) is 4.90 Å². The first-order valence-electron chi connectivity index (χ1n) is 9.66. The van der Waals surface area contributed by atoms with Gasteiger partial charge in [-0.2, -0.15) is 0 Å². The summed E-state index contributed by atoms with van der Waals surface area (Å²) in [5.74, 6) is 1.19. The minimum absolute atomic E-state index is 0.112. The summed E-state index contributed by atoms with van der Waals surface area (Å²) in [4.78, 5) is 2.44. The minimum Gasteiger partial charge on any atom is -0.496 e. The van der Waals surface area contributed by atoms with Crippen molar-refractivity contribution in [2.24, 2.45) is 0 Å². The second kappa shape index (κ2) is 9.80. The van der Waals surface area contributed by atoms with Crippen LogP contribution in [0, 0.1) is 0 Å². The molecule has 2 aromatic rings. The topological polar surface area (TPSA) is 67.9 Å². The van der Waals surface area contributed by atoms with Crippen molar-refractivity contribution in [1.29, 1.82) is 0 Å². The molecule has 1 saturated heterocycles. The molecular weight excluding hydrogens is 412 g/mol. The van der Waals surface area contributed by atoms with Gasteiger partial charge in [-0.05, 0) is 50.2 Å². The second-order valence-electron chi connectivity index (χ2n) is 7.00. The number of halogens is 1. The molecule has 6 nitrogen and oxygen atoms in total. The van der Waals surface area contributed by atoms with Crippen molar-refractivity contribution in [3.8, 4) is 11.5 Å². The summed E-state index contributed by atoms with van der Waals surface area (Å²) < 4.78 is 39.2. The molecule has 2 aromatic carbocycles. The maximum atomic E-state index is 12.9. The number of nitrogens with zero attached hydrogens (tertiary/aromatic N) is 1. The summed E-state index contributed by atoms with van der Waals surface area (Å²) in [5.41, 5.74) is 0.979. The Kier molecular flexibility index (Phi) is 7.40. The van der Waals surface area contributed by atoms with Crippen LogP contribution in [-0.2, 0) is 10.0 Å². The van der Waals surface area contributed by atoms with E-state index in [-0.39, 0.29) is 22.5 Å². The first kappa shape index (κ1) is 21.9. The van der Waals surface area contributed by atoms with Crippen LogP contribution in [0.2, 0.25) is 5.02 Å². The molecule has 1 fully saturated rings. The number of benzene rings is 2. The molecule has 1 unspecified atom stereocenters. The van der Waals surface area contributed by atoms with E-state index >= 15 is 0 Å². The number of hydrogen-bond acceptors (Lipinski definition) is 5. The maximum Gasteiger partial charge on any atom is 0.240 e. The number of likely N-dealkylation sites (tertiary alicyclic amines) is 1. The zero-order valence-electron chi connectivity index (χ0n) is 16.7. The smallest absolute Gasteiger partial charge is 0.240 e. The molecule has 1 atom stereocenters. The van der Waals surface area contributed by atoms with E-state index in [1.807, 2.05) is 24.3 Å². The van der Waals surface area contributed by atoms with Gasteiger partial charge in [-0.1, -0.05) is 36.2 Å². The molecule has 0 aromatic heterocycles. The number of rotatable bonds is 8. The number of ether oxygens (including phenoxy) is 2. The van der Waals surface area contributed by atoms with E-state index in [1.54, 1.807) is 13.2 Å². The third-order valence-electron chi connectivity index (χ3n) is 5.23. The quantitative estimate of drug-likeness (QED) is 0.677. The van der Waals surface area contributed by atoms with Crippen molar-refractivity contribution >= 4 is 21.6 Å². The molecule has 0 bridgehead atoms. The summed E-state index contributed by atoms with van der Waals surface area (Å²) in [5, 5.41) is 0.257. The van der Waals surface area contributed by atoms with Crippen LogP contribution in [-0.4, -0.2) is 47.2 Å². The van der Waals surface area contributed by atoms with E-state index < -0.39 is 10.0 Å². The minimum atomic E-state index is -3.73. The Morgan fingerprint density at radius 1 is 1.03 bits per heavy atom. The van der Waals surface area contributed by atoms with Gasteiger partial charge in [0.2, 0.25) is 10.0 Å². The zero-order chi connectivity index (χ0) is 20.9. The predicted molar refractivity (Wildman–Crippen MR) is 114 cm³/mol. The average molecular weight is 439 g/mol. The number of sulfonamides is 1. The lowest BCUT2D eigenvalue weighted by Crippen LogP contribution is -2.40. The highest BCUT2D eigenvalue weighted by atomic mass is 35.5. The molecule has 1 heterocycles. The fraction of sp³-hybridized carbons (Fsp3) is 0.429. The lowest BCUT2D eigenvalue weighted by atomic mass is 10.0. The van der Waals surface area contributed by atoms with Gasteiger partial charge in [0.05, 0.1) is 30.2 Å². The average Bonchev–Trinajstić information content (AvgIpc) is 2.75. The molecule has 0 spiro atoms. The van der Waals surface area contributed by atoms with Crippen LogP contribution in [0.3, 0.4) is 0 Å². The summed E-state index contributed by atoms with van der Waals surface area (Å²) in [6, 6.07) is 12.1. The van der Waals surface area contributed by atoms with E-state index in [9.17, 15) is 8.42 Å². The van der Waals surface area contributed by atoms with E-state index in [0.29, 0.717) is 5.75 Å². The Bertz CT molecular complexity index is 930. The van der Waals surface area contributed by atoms with Crippen molar-refractivity contribution in [2.45, 2.75) is 30.2 Å². The lowest BCUT2D eigenvalue weighted by Gasteiger charge is -2.35. The molecule has 1 aliphatic heterocycles. The van der Waals surface area contributed by atoms with Gasteiger partial charge >= 0.3 is 0 Å². The third kappa shape index (κ3) is 5.22. The van der Waals surface area contributed by atoms with E-state index in [0.717, 1.165) is 37.2 Å². The molecule has 1 N–H and O–H groups in total. The van der Waals surface area contributed by atoms with Gasteiger partial charge in [0.1, 0.15) is 11.5 Å². The van der Waals surface area contributed by atoms with Crippen molar-refractivity contribution in [1.82, 2.24) is 9.62 Å². The number of para-hydroxylation sites is 1. The monoisotopic (exact) mass is 438 g/mol. The molecular formula is C21H27ClN2O4S. The van der Waals surface area contributed by atoms with Crippen LogP contribution < -0.4 is 14.2 Å². The molecule has 29 heavy (non-hydrogen) atoms. The summed E-state index contributed by atoms with van der Waals surface area (Å²) in [6.45, 7) is 2.10. The van der Waals surface area contributed by atoms with Gasteiger partial charge in [0, 0.05) is 12.1 Å². The predicted octanol–water partition coefficient (Wildman–Crippen LogP) is 3.86. The molecule has 158 valence electrons. The summed E-state index contributed by atoms with van der Waals surface area (Å²) in [7, 11) is -0.602. The van der Waals surface area contributed by atoms with Gasteiger partial charge in [0.25, 0.3) is 0 Å². The fourth-order valence-electron chi connectivity index (χ4n) is 3.69. The van der Waals surface area contributed by atoms with Gasteiger partial charge < -0.3 is 9.47 Å². The number of hydrogen-bond donors (Lipinski definition) is 1. The Morgan fingerprint density at radius 2 is 1.72 bits per heavy atom. The first-order chi connectivity index (χ1) is 14.0. The molecule has 3 rings (SSSR count). The number of piperidine rings is 1. The van der Waals surface area contributed by atoms with Crippen molar-refractivity contribution < 1.29 is 17.9 Å². The molecule has 0 aliphatic carbocycles. The van der Waals surface area contributed by atoms with Gasteiger partial charge in [-0.25, -0.2) is 13.1 Å². The molecule has 0 radical (unpaired) electrons. The number of nitrogens with one attached hydrogen (secondary N) is 1. The molecule has 0 saturated carbocycles. The Hall–Kier alpha value is -1.80. The highest BCUT2D eigenvalue weighted by Crippen LogP contribution is 2.32. The van der Waals surface area contributed by atoms with Gasteiger partial charge in [-0.15, -0.1) is 0 Å². The largest absolute Gasteiger partial charge is 0.496 e. The van der Waals surface area contributed by atoms with E-state index in [2.05, 4.69) is 9.62 Å². The third-order valence-corrected chi connectivity index (χ3v) is 6.95. The highest BCUT2D eigenvalue weighted by molar-refractivity contribution is 7.89. The second-order valence-corrected chi connectivity index (χ2v) is 9.18. The van der Waals surface area contributed by atoms with Crippen LogP contribution in [0.4, 0.5) is 0 Å². The van der Waals surface area contributed by atoms with Crippen molar-refractivity contribution in [2.75, 3.05) is 33.9 Å². The molecule has 1 aliphatic rings. The van der Waals surface area contributed by atoms with Crippen molar-refractivity contribution in [3.63, 3.8) is 0 Å². The normalized spacial score (nSPS) is 16.4.